The summed E-state index contributed by atoms with van der Waals surface area (Å²) in [5, 5.41) is 2.90. The van der Waals surface area contributed by atoms with Gasteiger partial charge in [0.2, 0.25) is 0 Å². The summed E-state index contributed by atoms with van der Waals surface area (Å²) >= 11 is 0. The van der Waals surface area contributed by atoms with E-state index >= 15 is 0 Å². The van der Waals surface area contributed by atoms with Crippen LogP contribution in [0.4, 0.5) is 0 Å². The fourth-order valence-electron chi connectivity index (χ4n) is 3.57. The number of hydrogen-bond donors (Lipinski definition) is 1. The lowest BCUT2D eigenvalue weighted by atomic mass is 10.0. The highest BCUT2D eigenvalue weighted by Crippen LogP contribution is 2.62. The van der Waals surface area contributed by atoms with Crippen molar-refractivity contribution in [3.63, 3.8) is 0 Å². The van der Waals surface area contributed by atoms with Gasteiger partial charge >= 0.3 is 7.60 Å². The molecule has 0 aliphatic heterocycles. The van der Waals surface area contributed by atoms with Crippen LogP contribution in [0.3, 0.4) is 0 Å². The third-order valence-electron chi connectivity index (χ3n) is 4.92. The first-order valence-corrected chi connectivity index (χ1v) is 11.9. The lowest BCUT2D eigenvalue weighted by molar-refractivity contribution is 0.176. The Hall–Kier alpha value is -1.45. The number of hydrogen-bond acceptors (Lipinski definition) is 4. The highest BCUT2D eigenvalue weighted by Gasteiger charge is 2.49. The topological polar surface area (TPSA) is 47.6 Å². The molecule has 0 fully saturated rings. The van der Waals surface area contributed by atoms with E-state index in [1.165, 1.54) is 5.56 Å². The van der Waals surface area contributed by atoms with Crippen LogP contribution in [0.1, 0.15) is 51.2 Å². The Morgan fingerprint density at radius 2 is 1.36 bits per heavy atom. The molecular formula is C23H34NO3P. The zero-order valence-electron chi connectivity index (χ0n) is 17.4. The molecule has 0 aromatic heterocycles. The van der Waals surface area contributed by atoms with Crippen LogP contribution in [0.15, 0.2) is 60.7 Å². The monoisotopic (exact) mass is 403 g/mol. The highest BCUT2D eigenvalue weighted by molar-refractivity contribution is 7.55. The number of nitrogens with one attached hydrogen (secondary N) is 1. The first kappa shape index (κ1) is 22.8. The summed E-state index contributed by atoms with van der Waals surface area (Å²) in [6.07, 6.45) is 3.12. The number of rotatable bonds is 13. The van der Waals surface area contributed by atoms with E-state index in [1.807, 2.05) is 50.2 Å². The fourth-order valence-corrected chi connectivity index (χ4v) is 5.97. The molecule has 4 nitrogen and oxygen atoms in total. The molecule has 0 saturated heterocycles. The molecule has 0 amide bonds. The van der Waals surface area contributed by atoms with Gasteiger partial charge in [-0.1, -0.05) is 74.0 Å². The van der Waals surface area contributed by atoms with Crippen LogP contribution in [-0.4, -0.2) is 18.5 Å². The Morgan fingerprint density at radius 1 is 0.821 bits per heavy atom. The fraction of sp³-hybridized carbons (Fsp3) is 0.478. The average Bonchev–Trinajstić information content (AvgIpc) is 2.72. The van der Waals surface area contributed by atoms with E-state index in [1.54, 1.807) is 0 Å². The largest absolute Gasteiger partial charge is 0.350 e. The van der Waals surface area contributed by atoms with E-state index < -0.39 is 12.9 Å². The molecule has 0 heterocycles. The summed E-state index contributed by atoms with van der Waals surface area (Å²) in [6.45, 7) is 7.21. The molecule has 0 aliphatic carbocycles. The zero-order valence-corrected chi connectivity index (χ0v) is 18.3. The Kier molecular flexibility index (Phi) is 9.40. The Bertz CT molecular complexity index is 668. The van der Waals surface area contributed by atoms with Crippen molar-refractivity contribution in [1.82, 2.24) is 5.32 Å². The van der Waals surface area contributed by atoms with Crippen LogP contribution >= 0.6 is 7.60 Å². The molecule has 5 heteroatoms. The third kappa shape index (κ3) is 6.02. The molecule has 0 spiro atoms. The Balaban J connectivity index is 2.34. The summed E-state index contributed by atoms with van der Waals surface area (Å²) in [4.78, 5) is 0. The van der Waals surface area contributed by atoms with Crippen LogP contribution < -0.4 is 5.32 Å². The van der Waals surface area contributed by atoms with Crippen LogP contribution in [0, 0.1) is 0 Å². The molecule has 2 aromatic rings. The second-order valence-electron chi connectivity index (χ2n) is 6.94. The maximum Gasteiger partial charge on any atom is 0.350 e. The van der Waals surface area contributed by atoms with Crippen LogP contribution in [0.25, 0.3) is 0 Å². The minimum absolute atomic E-state index is 0.362. The van der Waals surface area contributed by atoms with Crippen molar-refractivity contribution < 1.29 is 13.6 Å². The summed E-state index contributed by atoms with van der Waals surface area (Å²) in [7, 11) is -3.36. The minimum Gasteiger partial charge on any atom is -0.308 e. The van der Waals surface area contributed by atoms with Gasteiger partial charge in [0.25, 0.3) is 0 Å². The Morgan fingerprint density at radius 3 is 1.86 bits per heavy atom. The molecule has 28 heavy (non-hydrogen) atoms. The maximum atomic E-state index is 14.0. The van der Waals surface area contributed by atoms with Crippen LogP contribution in [-0.2, 0) is 26.6 Å². The molecular weight excluding hydrogens is 369 g/mol. The van der Waals surface area contributed by atoms with Gasteiger partial charge in [0.1, 0.15) is 5.28 Å². The minimum atomic E-state index is -3.36. The maximum absolute atomic E-state index is 14.0. The van der Waals surface area contributed by atoms with Gasteiger partial charge in [0.15, 0.2) is 0 Å². The van der Waals surface area contributed by atoms with Gasteiger partial charge in [-0.15, -0.1) is 0 Å². The van der Waals surface area contributed by atoms with E-state index in [0.29, 0.717) is 26.2 Å². The van der Waals surface area contributed by atoms with Gasteiger partial charge in [0, 0.05) is 6.54 Å². The number of benzene rings is 2. The second kappa shape index (κ2) is 11.5. The van der Waals surface area contributed by atoms with Crippen LogP contribution in [0.2, 0.25) is 0 Å². The highest BCUT2D eigenvalue weighted by atomic mass is 31.2. The standard InChI is InChI=1S/C23H34NO3P/c1-4-18-23(28(25,26-5-2)27-6-3,19-17-21-13-9-7-10-14-21)24-20-22-15-11-8-12-16-22/h7-16,24H,4-6,17-20H2,1-3H3. The lowest BCUT2D eigenvalue weighted by Gasteiger charge is -2.40. The van der Waals surface area contributed by atoms with Crippen molar-refractivity contribution in [3.8, 4) is 0 Å². The van der Waals surface area contributed by atoms with E-state index in [4.69, 9.17) is 9.05 Å². The van der Waals surface area contributed by atoms with Crippen molar-refractivity contribution in [2.75, 3.05) is 13.2 Å². The average molecular weight is 404 g/mol. The van der Waals surface area contributed by atoms with Crippen LogP contribution in [0.5, 0.6) is 0 Å². The molecule has 0 saturated carbocycles. The smallest absolute Gasteiger partial charge is 0.308 e. The molecule has 0 bridgehead atoms. The van der Waals surface area contributed by atoms with Gasteiger partial charge in [0.05, 0.1) is 13.2 Å². The molecule has 1 N–H and O–H groups in total. The zero-order chi connectivity index (χ0) is 20.3. The van der Waals surface area contributed by atoms with Gasteiger partial charge in [-0.3, -0.25) is 9.88 Å². The Labute approximate surface area is 170 Å². The molecule has 1 atom stereocenters. The predicted octanol–water partition coefficient (Wildman–Crippen LogP) is 6.17. The molecule has 1 unspecified atom stereocenters. The van der Waals surface area contributed by atoms with E-state index in [-0.39, 0.29) is 0 Å². The molecule has 2 rings (SSSR count). The van der Waals surface area contributed by atoms with Crippen molar-refractivity contribution in [2.45, 2.75) is 58.3 Å². The van der Waals surface area contributed by atoms with Gasteiger partial charge < -0.3 is 9.05 Å². The normalized spacial score (nSPS) is 14.0. The van der Waals surface area contributed by atoms with E-state index in [0.717, 1.165) is 24.8 Å². The van der Waals surface area contributed by atoms with E-state index in [9.17, 15) is 4.57 Å². The molecule has 2 aromatic carbocycles. The van der Waals surface area contributed by atoms with Gasteiger partial charge in [-0.25, -0.2) is 0 Å². The lowest BCUT2D eigenvalue weighted by Crippen LogP contribution is -2.46. The first-order chi connectivity index (χ1) is 13.6. The van der Waals surface area contributed by atoms with Gasteiger partial charge in [-0.05, 0) is 44.2 Å². The molecule has 154 valence electrons. The van der Waals surface area contributed by atoms with E-state index in [2.05, 4.69) is 36.5 Å². The van der Waals surface area contributed by atoms with Crippen molar-refractivity contribution in [2.24, 2.45) is 0 Å². The number of aryl methyl sites for hydroxylation is 1. The van der Waals surface area contributed by atoms with Gasteiger partial charge in [-0.2, -0.15) is 0 Å². The summed E-state index contributed by atoms with van der Waals surface area (Å²) in [5.41, 5.74) is 2.38. The summed E-state index contributed by atoms with van der Waals surface area (Å²) in [5.74, 6) is 0. The first-order valence-electron chi connectivity index (χ1n) is 10.3. The summed E-state index contributed by atoms with van der Waals surface area (Å²) < 4.78 is 25.6. The second-order valence-corrected chi connectivity index (χ2v) is 9.31. The van der Waals surface area contributed by atoms with Crippen molar-refractivity contribution >= 4 is 7.60 Å². The quantitative estimate of drug-likeness (QED) is 0.406. The molecule has 0 radical (unpaired) electrons. The third-order valence-corrected chi connectivity index (χ3v) is 7.77. The van der Waals surface area contributed by atoms with Crippen molar-refractivity contribution in [1.29, 1.82) is 0 Å². The SMILES string of the molecule is CCCC(CCc1ccccc1)(NCc1ccccc1)P(=O)(OCC)OCC. The van der Waals surface area contributed by atoms with Crippen molar-refractivity contribution in [3.05, 3.63) is 71.8 Å². The molecule has 0 aliphatic rings. The predicted molar refractivity (Wildman–Crippen MR) is 117 cm³/mol. The summed E-state index contributed by atoms with van der Waals surface area (Å²) in [6, 6.07) is 20.5.